The lowest BCUT2D eigenvalue weighted by Gasteiger charge is -1.91. The normalized spacial score (nSPS) is 10.5. The van der Waals surface area contributed by atoms with E-state index in [0.29, 0.717) is 4.88 Å². The molecule has 68 valence electrons. The molecule has 2 aromatic rings. The maximum absolute atomic E-state index is 10.7. The lowest BCUT2D eigenvalue weighted by molar-refractivity contribution is 0.453. The van der Waals surface area contributed by atoms with Crippen molar-refractivity contribution in [2.24, 2.45) is 0 Å². The molecule has 2 aromatic heterocycles. The summed E-state index contributed by atoms with van der Waals surface area (Å²) in [4.78, 5) is 13.6. The van der Waals surface area contributed by atoms with Gasteiger partial charge in [-0.2, -0.15) is 0 Å². The first kappa shape index (κ1) is 8.58. The minimum absolute atomic E-state index is 0.173. The molecule has 0 bridgehead atoms. The zero-order valence-electron chi connectivity index (χ0n) is 6.20. The van der Waals surface area contributed by atoms with Gasteiger partial charge in [-0.1, -0.05) is 0 Å². The third-order valence-electron chi connectivity index (χ3n) is 1.45. The highest BCUT2D eigenvalue weighted by atomic mass is 79.9. The third-order valence-corrected chi connectivity index (χ3v) is 3.29. The first-order valence-electron chi connectivity index (χ1n) is 3.34. The summed E-state index contributed by atoms with van der Waals surface area (Å²) in [6.07, 6.45) is 0. The van der Waals surface area contributed by atoms with Crippen LogP contribution in [-0.4, -0.2) is 10.1 Å². The molecule has 0 aromatic carbocycles. The van der Waals surface area contributed by atoms with Crippen LogP contribution in [0.15, 0.2) is 25.1 Å². The van der Waals surface area contributed by atoms with Crippen molar-refractivity contribution in [3.05, 3.63) is 26.5 Å². The summed E-state index contributed by atoms with van der Waals surface area (Å²) in [5, 5.41) is 11.1. The van der Waals surface area contributed by atoms with Crippen LogP contribution in [0.4, 0.5) is 0 Å². The minimum atomic E-state index is -0.659. The summed E-state index contributed by atoms with van der Waals surface area (Å²) in [6, 6.07) is 1.81. The molecule has 0 fully saturated rings. The molecule has 0 saturated carbocycles. The van der Waals surface area contributed by atoms with Crippen molar-refractivity contribution in [2.75, 3.05) is 0 Å². The summed E-state index contributed by atoms with van der Waals surface area (Å²) < 4.78 is 5.55. The first-order valence-corrected chi connectivity index (χ1v) is 5.01. The van der Waals surface area contributed by atoms with Gasteiger partial charge in [0.1, 0.15) is 0 Å². The number of thiophene rings is 1. The van der Waals surface area contributed by atoms with Crippen molar-refractivity contribution in [2.45, 2.75) is 0 Å². The van der Waals surface area contributed by atoms with Crippen LogP contribution in [0, 0.1) is 0 Å². The Kier molecular flexibility index (Phi) is 2.01. The van der Waals surface area contributed by atoms with E-state index >= 15 is 0 Å². The number of aromatic nitrogens is 1. The average molecular weight is 262 g/mol. The van der Waals surface area contributed by atoms with Gasteiger partial charge in [0.15, 0.2) is 0 Å². The molecule has 4 nitrogen and oxygen atoms in total. The number of oxazole rings is 1. The smallest absolute Gasteiger partial charge is 0.419 e. The topological polar surface area (TPSA) is 66.2 Å². The number of halogens is 1. The fourth-order valence-electron chi connectivity index (χ4n) is 0.930. The van der Waals surface area contributed by atoms with Gasteiger partial charge < -0.3 is 9.52 Å². The van der Waals surface area contributed by atoms with E-state index in [1.54, 1.807) is 0 Å². The number of aromatic hydroxyl groups is 1. The lowest BCUT2D eigenvalue weighted by atomic mass is 10.4. The van der Waals surface area contributed by atoms with Gasteiger partial charge >= 0.3 is 5.76 Å². The number of aromatic amines is 1. The molecule has 0 aliphatic heterocycles. The first-order chi connectivity index (χ1) is 6.18. The number of hydrogen-bond acceptors (Lipinski definition) is 4. The quantitative estimate of drug-likeness (QED) is 0.827. The molecule has 13 heavy (non-hydrogen) atoms. The highest BCUT2D eigenvalue weighted by Crippen LogP contribution is 2.36. The third kappa shape index (κ3) is 1.42. The SMILES string of the molecule is O=c1[nH]c(O)c(-c2sccc2Br)o1. The Morgan fingerprint density at radius 1 is 1.62 bits per heavy atom. The number of rotatable bonds is 1. The average Bonchev–Trinajstić information content (AvgIpc) is 2.58. The Morgan fingerprint density at radius 2 is 2.38 bits per heavy atom. The van der Waals surface area contributed by atoms with Gasteiger partial charge in [-0.3, -0.25) is 4.98 Å². The summed E-state index contributed by atoms with van der Waals surface area (Å²) in [6.45, 7) is 0. The van der Waals surface area contributed by atoms with Crippen LogP contribution < -0.4 is 5.76 Å². The monoisotopic (exact) mass is 261 g/mol. The zero-order valence-corrected chi connectivity index (χ0v) is 8.61. The van der Waals surface area contributed by atoms with E-state index < -0.39 is 5.76 Å². The highest BCUT2D eigenvalue weighted by Gasteiger charge is 2.15. The second-order valence-corrected chi connectivity index (χ2v) is 4.06. The van der Waals surface area contributed by atoms with Gasteiger partial charge in [0.2, 0.25) is 11.6 Å². The standard InChI is InChI=1S/C7H4BrNO3S/c8-3-1-2-13-5(3)4-6(10)9-7(11)12-4/h1-2,10H,(H,9,11). The van der Waals surface area contributed by atoms with Crippen molar-refractivity contribution in [3.8, 4) is 16.5 Å². The molecule has 2 rings (SSSR count). The van der Waals surface area contributed by atoms with Crippen LogP contribution >= 0.6 is 27.3 Å². The van der Waals surface area contributed by atoms with E-state index in [1.165, 1.54) is 11.3 Å². The molecular weight excluding hydrogens is 258 g/mol. The van der Waals surface area contributed by atoms with Crippen LogP contribution in [0.3, 0.4) is 0 Å². The molecule has 0 saturated heterocycles. The maximum Gasteiger partial charge on any atom is 0.419 e. The van der Waals surface area contributed by atoms with Crippen molar-refractivity contribution in [1.29, 1.82) is 0 Å². The molecule has 0 spiro atoms. The molecular formula is C7H4BrNO3S. The van der Waals surface area contributed by atoms with Gasteiger partial charge in [0, 0.05) is 4.47 Å². The Labute approximate surface area is 85.0 Å². The fourth-order valence-corrected chi connectivity index (χ4v) is 2.46. The van der Waals surface area contributed by atoms with E-state index in [-0.39, 0.29) is 11.6 Å². The molecule has 0 aliphatic carbocycles. The molecule has 2 heterocycles. The molecule has 0 amide bonds. The van der Waals surface area contributed by atoms with Crippen molar-refractivity contribution < 1.29 is 9.52 Å². The van der Waals surface area contributed by atoms with E-state index in [1.807, 2.05) is 11.4 Å². The van der Waals surface area contributed by atoms with Crippen molar-refractivity contribution in [3.63, 3.8) is 0 Å². The second-order valence-electron chi connectivity index (χ2n) is 2.29. The van der Waals surface area contributed by atoms with E-state index in [9.17, 15) is 9.90 Å². The summed E-state index contributed by atoms with van der Waals surface area (Å²) in [5.74, 6) is -0.729. The Morgan fingerprint density at radius 3 is 2.85 bits per heavy atom. The molecule has 0 radical (unpaired) electrons. The minimum Gasteiger partial charge on any atom is -0.492 e. The summed E-state index contributed by atoms with van der Waals surface area (Å²) >= 11 is 4.64. The van der Waals surface area contributed by atoms with Crippen LogP contribution in [-0.2, 0) is 0 Å². The van der Waals surface area contributed by atoms with E-state index in [2.05, 4.69) is 20.9 Å². The van der Waals surface area contributed by atoms with Crippen LogP contribution in [0.1, 0.15) is 0 Å². The Bertz CT molecular complexity index is 484. The summed E-state index contributed by atoms with van der Waals surface area (Å²) in [7, 11) is 0. The van der Waals surface area contributed by atoms with Crippen molar-refractivity contribution in [1.82, 2.24) is 4.98 Å². The molecule has 0 unspecified atom stereocenters. The van der Waals surface area contributed by atoms with Crippen LogP contribution in [0.25, 0.3) is 10.6 Å². The molecule has 0 aliphatic rings. The van der Waals surface area contributed by atoms with Gasteiger partial charge in [-0.05, 0) is 27.4 Å². The highest BCUT2D eigenvalue weighted by molar-refractivity contribution is 9.10. The van der Waals surface area contributed by atoms with Gasteiger partial charge in [0.05, 0.1) is 4.88 Å². The summed E-state index contributed by atoms with van der Waals surface area (Å²) in [5.41, 5.74) is 0. The molecule has 2 N–H and O–H groups in total. The number of H-pyrrole nitrogens is 1. The number of hydrogen-bond donors (Lipinski definition) is 2. The van der Waals surface area contributed by atoms with E-state index in [0.717, 1.165) is 4.47 Å². The zero-order chi connectivity index (χ0) is 9.42. The molecule has 0 atom stereocenters. The van der Waals surface area contributed by atoms with E-state index in [4.69, 9.17) is 4.42 Å². The fraction of sp³-hybridized carbons (Fsp3) is 0. The largest absolute Gasteiger partial charge is 0.492 e. The van der Waals surface area contributed by atoms with Crippen LogP contribution in [0.2, 0.25) is 0 Å². The van der Waals surface area contributed by atoms with Gasteiger partial charge in [-0.25, -0.2) is 4.79 Å². The van der Waals surface area contributed by atoms with Gasteiger partial charge in [-0.15, -0.1) is 11.3 Å². The predicted molar refractivity (Wildman–Crippen MR) is 52.0 cm³/mol. The molecule has 6 heteroatoms. The predicted octanol–water partition coefficient (Wildman–Crippen LogP) is 2.16. The van der Waals surface area contributed by atoms with Crippen LogP contribution in [0.5, 0.6) is 5.88 Å². The van der Waals surface area contributed by atoms with Crippen molar-refractivity contribution >= 4 is 27.3 Å². The Balaban J connectivity index is 2.65. The maximum atomic E-state index is 10.7. The lowest BCUT2D eigenvalue weighted by Crippen LogP contribution is -1.92. The number of nitrogens with one attached hydrogen (secondary N) is 1. The van der Waals surface area contributed by atoms with Gasteiger partial charge in [0.25, 0.3) is 0 Å². The second kappa shape index (κ2) is 3.04. The Hall–Kier alpha value is -1.01.